The third-order valence-electron chi connectivity index (χ3n) is 2.30. The van der Waals surface area contributed by atoms with Gasteiger partial charge in [0, 0.05) is 12.8 Å². The molecule has 0 heterocycles. The summed E-state index contributed by atoms with van der Waals surface area (Å²) >= 11 is 0. The molecule has 4 heteroatoms. The van der Waals surface area contributed by atoms with Crippen LogP contribution in [0.3, 0.4) is 0 Å². The van der Waals surface area contributed by atoms with E-state index in [0.29, 0.717) is 12.8 Å². The van der Waals surface area contributed by atoms with Crippen LogP contribution >= 0.6 is 0 Å². The largest absolute Gasteiger partial charge is 0.849 e. The highest BCUT2D eigenvalue weighted by atomic mass is 16.3. The summed E-state index contributed by atoms with van der Waals surface area (Å²) in [5.41, 5.74) is 0. The monoisotopic (exact) mass is 275 g/mol. The second kappa shape index (κ2) is 12.2. The molecule has 20 heavy (non-hydrogen) atoms. The Balaban J connectivity index is 3.90. The molecule has 0 aliphatic heterocycles. The van der Waals surface area contributed by atoms with E-state index < -0.39 is 18.8 Å². The Morgan fingerprint density at radius 1 is 1.35 bits per heavy atom. The van der Waals surface area contributed by atoms with E-state index in [0.717, 1.165) is 0 Å². The molecule has 0 amide bonds. The third kappa shape index (κ3) is 11.3. The number of hydrogen-bond donors (Lipinski definition) is 2. The number of rotatable bonds is 8. The predicted octanol–water partition coefficient (Wildman–Crippen LogP) is -0.0530. The van der Waals surface area contributed by atoms with E-state index in [1.54, 1.807) is 18.2 Å². The minimum Gasteiger partial charge on any atom is -0.849 e. The van der Waals surface area contributed by atoms with Crippen LogP contribution in [-0.2, 0) is 4.79 Å². The number of allylic oxidation sites excluding steroid dienone is 3. The molecular formula is C16H19O4-. The standard InChI is InChI=1S/C16H19O4/c1-2-8-14(18)9-5-3-4-6-10-15(19)11-7-12-16(20)13-17/h1,3-5,9,14-15,18-19H,7-8,11-13H2/q-1/b4-3+,9-5+/t14-,15+/m1/s1. The lowest BCUT2D eigenvalue weighted by Gasteiger charge is -2.04. The molecular weight excluding hydrogens is 256 g/mol. The molecule has 0 aliphatic carbocycles. The number of Topliss-reactive ketones (excluding diaryl/α,β-unsaturated/α-hetero) is 1. The van der Waals surface area contributed by atoms with Crippen molar-refractivity contribution in [1.29, 1.82) is 0 Å². The number of terminal acetylenes is 1. The van der Waals surface area contributed by atoms with Crippen molar-refractivity contribution in [1.82, 2.24) is 0 Å². The van der Waals surface area contributed by atoms with Crippen LogP contribution in [0.5, 0.6) is 0 Å². The predicted molar refractivity (Wildman–Crippen MR) is 75.2 cm³/mol. The van der Waals surface area contributed by atoms with Gasteiger partial charge in [-0.3, -0.25) is 0 Å². The van der Waals surface area contributed by atoms with Gasteiger partial charge >= 0.3 is 0 Å². The second-order valence-electron chi connectivity index (χ2n) is 4.10. The molecule has 0 rings (SSSR count). The van der Waals surface area contributed by atoms with Crippen LogP contribution in [-0.4, -0.2) is 34.8 Å². The molecule has 0 saturated carbocycles. The van der Waals surface area contributed by atoms with Crippen molar-refractivity contribution < 1.29 is 20.1 Å². The van der Waals surface area contributed by atoms with E-state index >= 15 is 0 Å². The van der Waals surface area contributed by atoms with Gasteiger partial charge in [0.15, 0.2) is 0 Å². The Labute approximate surface area is 119 Å². The molecule has 0 aromatic heterocycles. The fraction of sp³-hybridized carbons (Fsp3) is 0.438. The van der Waals surface area contributed by atoms with Crippen molar-refractivity contribution in [2.24, 2.45) is 0 Å². The fourth-order valence-corrected chi connectivity index (χ4v) is 1.27. The number of ketones is 1. The Kier molecular flexibility index (Phi) is 11.1. The molecule has 2 atom stereocenters. The Hall–Kier alpha value is -1.85. The molecule has 2 N–H and O–H groups in total. The minimum absolute atomic E-state index is 0.188. The van der Waals surface area contributed by atoms with Crippen LogP contribution in [0.15, 0.2) is 24.3 Å². The molecule has 0 fully saturated rings. The van der Waals surface area contributed by atoms with Crippen molar-refractivity contribution >= 4 is 5.78 Å². The zero-order valence-electron chi connectivity index (χ0n) is 11.3. The van der Waals surface area contributed by atoms with E-state index in [1.165, 1.54) is 6.08 Å². The van der Waals surface area contributed by atoms with Crippen molar-refractivity contribution in [3.63, 3.8) is 0 Å². The van der Waals surface area contributed by atoms with E-state index in [2.05, 4.69) is 17.8 Å². The molecule has 0 saturated heterocycles. The van der Waals surface area contributed by atoms with Crippen molar-refractivity contribution in [3.8, 4) is 24.2 Å². The van der Waals surface area contributed by atoms with Crippen LogP contribution in [0.4, 0.5) is 0 Å². The number of hydrogen-bond acceptors (Lipinski definition) is 4. The van der Waals surface area contributed by atoms with E-state index in [9.17, 15) is 20.1 Å². The maximum atomic E-state index is 10.7. The molecule has 4 nitrogen and oxygen atoms in total. The lowest BCUT2D eigenvalue weighted by Crippen LogP contribution is -2.17. The van der Waals surface area contributed by atoms with Gasteiger partial charge in [0.1, 0.15) is 11.9 Å². The van der Waals surface area contributed by atoms with Crippen LogP contribution in [0, 0.1) is 24.2 Å². The summed E-state index contributed by atoms with van der Waals surface area (Å²) in [7, 11) is 0. The first-order valence-corrected chi connectivity index (χ1v) is 6.34. The number of carbonyl (C=O) groups excluding carboxylic acids is 1. The van der Waals surface area contributed by atoms with Gasteiger partial charge in [-0.25, -0.2) is 0 Å². The summed E-state index contributed by atoms with van der Waals surface area (Å²) < 4.78 is 0. The molecule has 0 bridgehead atoms. The molecule has 0 aliphatic rings. The second-order valence-corrected chi connectivity index (χ2v) is 4.10. The van der Waals surface area contributed by atoms with Crippen LogP contribution in [0.25, 0.3) is 0 Å². The normalized spacial score (nSPS) is 13.7. The van der Waals surface area contributed by atoms with Crippen molar-refractivity contribution in [3.05, 3.63) is 24.3 Å². The Bertz CT molecular complexity index is 432. The topological polar surface area (TPSA) is 80.6 Å². The average molecular weight is 275 g/mol. The summed E-state index contributed by atoms with van der Waals surface area (Å²) in [6.07, 6.45) is 11.2. The first-order chi connectivity index (χ1) is 9.60. The highest BCUT2D eigenvalue weighted by Crippen LogP contribution is 2.00. The maximum absolute atomic E-state index is 10.7. The maximum Gasteiger partial charge on any atom is 0.116 e. The summed E-state index contributed by atoms with van der Waals surface area (Å²) in [5, 5.41) is 28.9. The molecule has 0 aromatic carbocycles. The van der Waals surface area contributed by atoms with E-state index in [1.807, 2.05) is 0 Å². The summed E-state index contributed by atoms with van der Waals surface area (Å²) in [5.74, 6) is 7.22. The smallest absolute Gasteiger partial charge is 0.116 e. The highest BCUT2D eigenvalue weighted by molar-refractivity contribution is 5.78. The summed E-state index contributed by atoms with van der Waals surface area (Å²) in [4.78, 5) is 10.7. The zero-order valence-corrected chi connectivity index (χ0v) is 11.3. The van der Waals surface area contributed by atoms with Crippen LogP contribution < -0.4 is 5.11 Å². The fourth-order valence-electron chi connectivity index (χ4n) is 1.27. The first-order valence-electron chi connectivity index (χ1n) is 6.34. The molecule has 0 unspecified atom stereocenters. The van der Waals surface area contributed by atoms with Crippen molar-refractivity contribution in [2.75, 3.05) is 6.61 Å². The lowest BCUT2D eigenvalue weighted by atomic mass is 10.1. The average Bonchev–Trinajstić information content (AvgIpc) is 2.42. The van der Waals surface area contributed by atoms with Crippen LogP contribution in [0.2, 0.25) is 0 Å². The van der Waals surface area contributed by atoms with Crippen LogP contribution in [0.1, 0.15) is 25.7 Å². The third-order valence-corrected chi connectivity index (χ3v) is 2.30. The minimum atomic E-state index is -0.810. The van der Waals surface area contributed by atoms with Crippen molar-refractivity contribution in [2.45, 2.75) is 37.9 Å². The van der Waals surface area contributed by atoms with Gasteiger partial charge in [0.25, 0.3) is 0 Å². The van der Waals surface area contributed by atoms with Gasteiger partial charge in [0.05, 0.1) is 6.10 Å². The number of aliphatic hydroxyl groups excluding tert-OH is 2. The SMILES string of the molecule is C#CC[C@@H](O)/C=C/C=C/C#C[C@H](O)CCCC(=O)C[O-]. The van der Waals surface area contributed by atoms with Gasteiger partial charge in [0.2, 0.25) is 0 Å². The van der Waals surface area contributed by atoms with Gasteiger partial charge < -0.3 is 20.1 Å². The van der Waals surface area contributed by atoms with E-state index in [4.69, 9.17) is 6.42 Å². The Morgan fingerprint density at radius 3 is 2.75 bits per heavy atom. The van der Waals surface area contributed by atoms with Gasteiger partial charge in [-0.15, -0.1) is 12.3 Å². The molecule has 108 valence electrons. The quantitative estimate of drug-likeness (QED) is 0.480. The van der Waals surface area contributed by atoms with Gasteiger partial charge in [-0.1, -0.05) is 36.7 Å². The zero-order chi connectivity index (χ0) is 15.2. The van der Waals surface area contributed by atoms with E-state index in [-0.39, 0.29) is 18.6 Å². The number of aliphatic hydroxyl groups is 2. The van der Waals surface area contributed by atoms with Gasteiger partial charge in [-0.2, -0.15) is 0 Å². The van der Waals surface area contributed by atoms with Gasteiger partial charge in [-0.05, 0) is 18.9 Å². The molecule has 0 aromatic rings. The number of carbonyl (C=O) groups is 1. The summed E-state index contributed by atoms with van der Waals surface area (Å²) in [6.45, 7) is -0.706. The first kappa shape index (κ1) is 18.1. The molecule has 0 radical (unpaired) electrons. The highest BCUT2D eigenvalue weighted by Gasteiger charge is 2.00. The lowest BCUT2D eigenvalue weighted by molar-refractivity contribution is -0.354. The molecule has 0 spiro atoms. The Morgan fingerprint density at radius 2 is 2.10 bits per heavy atom. The summed E-state index contributed by atoms with van der Waals surface area (Å²) in [6, 6.07) is 0.